The van der Waals surface area contributed by atoms with Crippen molar-refractivity contribution in [1.29, 1.82) is 0 Å². The predicted octanol–water partition coefficient (Wildman–Crippen LogP) is 3.93. The van der Waals surface area contributed by atoms with Gasteiger partial charge >= 0.3 is 5.66 Å². The Morgan fingerprint density at radius 3 is 2.34 bits per heavy atom. The Labute approximate surface area is 168 Å². The number of benzene rings is 2. The summed E-state index contributed by atoms with van der Waals surface area (Å²) in [7, 11) is 0. The van der Waals surface area contributed by atoms with Crippen molar-refractivity contribution in [2.45, 2.75) is 50.7 Å². The number of carbonyl (C=O) groups excluding carboxylic acids is 1. The summed E-state index contributed by atoms with van der Waals surface area (Å²) in [5, 5.41) is 24.5. The third-order valence-corrected chi connectivity index (χ3v) is 5.74. The molecule has 3 rings (SSSR count). The smallest absolute Gasteiger partial charge is 0.294 e. The first-order valence-corrected chi connectivity index (χ1v) is 9.92. The van der Waals surface area contributed by atoms with Crippen LogP contribution in [0, 0.1) is 20.2 Å². The minimum absolute atomic E-state index is 0.0445. The van der Waals surface area contributed by atoms with E-state index in [2.05, 4.69) is 6.92 Å². The fourth-order valence-electron chi connectivity index (χ4n) is 3.90. The van der Waals surface area contributed by atoms with Crippen molar-refractivity contribution in [2.24, 2.45) is 0 Å². The largest absolute Gasteiger partial charge is 0.482 e. The molecule has 0 amide bonds. The Bertz CT molecular complexity index is 907. The van der Waals surface area contributed by atoms with Crippen molar-refractivity contribution in [3.63, 3.8) is 0 Å². The van der Waals surface area contributed by atoms with E-state index in [0.29, 0.717) is 12.0 Å². The molecule has 0 N–H and O–H groups in total. The average molecular weight is 399 g/mol. The lowest BCUT2D eigenvalue weighted by Crippen LogP contribution is -2.72. The molecule has 1 aliphatic rings. The van der Waals surface area contributed by atoms with E-state index >= 15 is 0 Å². The molecule has 8 heteroatoms. The maximum atomic E-state index is 12.9. The molecule has 1 fully saturated rings. The third-order valence-electron chi connectivity index (χ3n) is 5.74. The van der Waals surface area contributed by atoms with E-state index in [0.717, 1.165) is 30.0 Å². The maximum absolute atomic E-state index is 12.9. The van der Waals surface area contributed by atoms with E-state index < -0.39 is 15.5 Å². The molecule has 154 valence electrons. The minimum atomic E-state index is -2.14. The molecule has 0 radical (unpaired) electrons. The highest BCUT2D eigenvalue weighted by Gasteiger charge is 2.67. The molecule has 1 atom stereocenters. The summed E-state index contributed by atoms with van der Waals surface area (Å²) in [5.41, 5.74) is -1.55. The van der Waals surface area contributed by atoms with Gasteiger partial charge in [-0.05, 0) is 23.3 Å². The molecule has 0 aliphatic carbocycles. The van der Waals surface area contributed by atoms with Crippen molar-refractivity contribution in [3.05, 3.63) is 68.3 Å². The van der Waals surface area contributed by atoms with E-state index in [9.17, 15) is 25.0 Å². The number of hydrogen-bond acceptors (Lipinski definition) is 6. The number of likely N-dealkylation sites (tertiary alicyclic amines) is 1. The summed E-state index contributed by atoms with van der Waals surface area (Å²) in [4.78, 5) is 35.4. The van der Waals surface area contributed by atoms with Gasteiger partial charge in [0.1, 0.15) is 22.9 Å². The Kier molecular flexibility index (Phi) is 6.22. The molecule has 1 heterocycles. The lowest BCUT2D eigenvalue weighted by molar-refractivity contribution is -0.811. The van der Waals surface area contributed by atoms with E-state index in [-0.39, 0.29) is 31.3 Å². The van der Waals surface area contributed by atoms with Crippen molar-refractivity contribution < 1.29 is 14.6 Å². The van der Waals surface area contributed by atoms with E-state index in [4.69, 9.17) is 0 Å². The van der Waals surface area contributed by atoms with Crippen LogP contribution in [0.4, 0.5) is 0 Å². The Balaban J connectivity index is 1.74. The highest BCUT2D eigenvalue weighted by atomic mass is 16.7. The first-order valence-electron chi connectivity index (χ1n) is 9.92. The van der Waals surface area contributed by atoms with Gasteiger partial charge in [-0.3, -0.25) is 29.9 Å². The zero-order valence-corrected chi connectivity index (χ0v) is 16.5. The topological polar surface area (TPSA) is 107 Å². The molecule has 8 nitrogen and oxygen atoms in total. The van der Waals surface area contributed by atoms with Gasteiger partial charge in [0, 0.05) is 18.0 Å². The molecule has 1 saturated heterocycles. The van der Waals surface area contributed by atoms with Crippen LogP contribution in [0.3, 0.4) is 0 Å². The normalized spacial score (nSPS) is 16.9. The first kappa shape index (κ1) is 20.9. The van der Waals surface area contributed by atoms with Crippen molar-refractivity contribution in [3.8, 4) is 0 Å². The molecule has 0 bridgehead atoms. The van der Waals surface area contributed by atoms with Crippen molar-refractivity contribution in [1.82, 2.24) is 4.90 Å². The van der Waals surface area contributed by atoms with Crippen LogP contribution in [0.25, 0.3) is 10.8 Å². The zero-order valence-electron chi connectivity index (χ0n) is 16.5. The van der Waals surface area contributed by atoms with Crippen LogP contribution in [-0.4, -0.2) is 45.3 Å². The number of nitrogens with zero attached hydrogens (tertiary/aromatic N) is 3. The maximum Gasteiger partial charge on any atom is 0.482 e. The van der Waals surface area contributed by atoms with Gasteiger partial charge in [0.25, 0.3) is 0 Å². The molecule has 0 saturated carbocycles. The second kappa shape index (κ2) is 8.65. The number of carbonyl (C=O) groups is 1. The van der Waals surface area contributed by atoms with Gasteiger partial charge in [0.05, 0.1) is 0 Å². The van der Waals surface area contributed by atoms with Crippen LogP contribution >= 0.6 is 0 Å². The monoisotopic (exact) mass is 399 g/mol. The number of nitro groups is 2. The molecule has 29 heavy (non-hydrogen) atoms. The second-order valence-corrected chi connectivity index (χ2v) is 7.74. The van der Waals surface area contributed by atoms with E-state index in [1.807, 2.05) is 36.4 Å². The number of rotatable bonds is 10. The number of ketones is 1. The molecule has 0 unspecified atom stereocenters. The van der Waals surface area contributed by atoms with Gasteiger partial charge in [-0.25, -0.2) is 0 Å². The average Bonchev–Trinajstić information content (AvgIpc) is 2.66. The van der Waals surface area contributed by atoms with Gasteiger partial charge in [-0.1, -0.05) is 62.6 Å². The number of unbranched alkanes of at least 4 members (excludes halogenated alkanes) is 2. The minimum Gasteiger partial charge on any atom is -0.294 e. The van der Waals surface area contributed by atoms with Crippen molar-refractivity contribution >= 4 is 16.6 Å². The predicted molar refractivity (Wildman–Crippen MR) is 109 cm³/mol. The van der Waals surface area contributed by atoms with Gasteiger partial charge in [0.2, 0.25) is 0 Å². The van der Waals surface area contributed by atoms with Crippen LogP contribution in [0.2, 0.25) is 0 Å². The number of hydrogen-bond donors (Lipinski definition) is 0. The molecular weight excluding hydrogens is 374 g/mol. The van der Waals surface area contributed by atoms with Gasteiger partial charge < -0.3 is 0 Å². The number of fused-ring (bicyclic) bond motifs is 1. The molecule has 2 aromatic carbocycles. The summed E-state index contributed by atoms with van der Waals surface area (Å²) in [6.07, 6.45) is 3.78. The Hall–Kier alpha value is -2.87. The van der Waals surface area contributed by atoms with Crippen LogP contribution < -0.4 is 0 Å². The Morgan fingerprint density at radius 2 is 1.72 bits per heavy atom. The summed E-state index contributed by atoms with van der Waals surface area (Å²) >= 11 is 0. The van der Waals surface area contributed by atoms with Crippen LogP contribution in [0.5, 0.6) is 0 Å². The summed E-state index contributed by atoms with van der Waals surface area (Å²) in [5.74, 6) is -0.0445. The van der Waals surface area contributed by atoms with Gasteiger partial charge in [0.15, 0.2) is 5.78 Å². The van der Waals surface area contributed by atoms with E-state index in [1.165, 1.54) is 0 Å². The van der Waals surface area contributed by atoms with Crippen LogP contribution in [0.15, 0.2) is 42.5 Å². The van der Waals surface area contributed by atoms with Crippen molar-refractivity contribution in [2.75, 3.05) is 13.1 Å². The quantitative estimate of drug-likeness (QED) is 0.197. The fourth-order valence-corrected chi connectivity index (χ4v) is 3.90. The third kappa shape index (κ3) is 4.27. The fraction of sp³-hybridized carbons (Fsp3) is 0.476. The molecule has 0 spiro atoms. The SMILES string of the molecule is CCCCC[C@H](CC(=O)c1ccc2ccccc2c1)N1CC([N+](=O)[O-])([N+](=O)[O-])C1. The standard InChI is InChI=1S/C21H25N3O5/c1-2-3-4-9-19(22-14-21(15-22,23(26)27)24(28)29)13-20(25)18-11-10-16-7-5-6-8-17(16)12-18/h5-8,10-12,19H,2-4,9,13-15H2,1H3/t19-/m1/s1. The molecule has 2 aromatic rings. The highest BCUT2D eigenvalue weighted by Crippen LogP contribution is 2.31. The summed E-state index contributed by atoms with van der Waals surface area (Å²) in [6, 6.07) is 13.1. The lowest BCUT2D eigenvalue weighted by Gasteiger charge is -2.41. The second-order valence-electron chi connectivity index (χ2n) is 7.74. The zero-order chi connectivity index (χ0) is 21.0. The lowest BCUT2D eigenvalue weighted by atomic mass is 9.91. The molecule has 1 aliphatic heterocycles. The summed E-state index contributed by atoms with van der Waals surface area (Å²) < 4.78 is 0. The summed E-state index contributed by atoms with van der Waals surface area (Å²) in [6.45, 7) is 1.56. The molecular formula is C21H25N3O5. The molecule has 0 aromatic heterocycles. The van der Waals surface area contributed by atoms with Crippen LogP contribution in [0.1, 0.15) is 49.4 Å². The van der Waals surface area contributed by atoms with Gasteiger partial charge in [-0.15, -0.1) is 0 Å². The Morgan fingerprint density at radius 1 is 1.07 bits per heavy atom. The van der Waals surface area contributed by atoms with Gasteiger partial charge in [-0.2, -0.15) is 0 Å². The first-order chi connectivity index (χ1) is 13.9. The van der Waals surface area contributed by atoms with E-state index in [1.54, 1.807) is 11.0 Å². The van der Waals surface area contributed by atoms with Crippen LogP contribution in [-0.2, 0) is 0 Å². The highest BCUT2D eigenvalue weighted by molar-refractivity contribution is 6.00. The number of Topliss-reactive ketones (excluding diaryl/α,β-unsaturated/α-hetero) is 1.